The number of nitrogens with zero attached hydrogens (tertiary/aromatic N) is 3. The first-order valence-corrected chi connectivity index (χ1v) is 17.1. The van der Waals surface area contributed by atoms with Crippen molar-refractivity contribution in [1.29, 1.82) is 0 Å². The van der Waals surface area contributed by atoms with Crippen LogP contribution >= 0.6 is 11.8 Å². The number of methoxy groups -OCH3 is 1. The summed E-state index contributed by atoms with van der Waals surface area (Å²) in [6.07, 6.45) is -3.57. The lowest BCUT2D eigenvalue weighted by Gasteiger charge is -2.36. The maximum Gasteiger partial charge on any atom is 0.416 e. The molecular formula is C37H40F3N3O4S. The fourth-order valence-electron chi connectivity index (χ4n) is 6.06. The van der Waals surface area contributed by atoms with Gasteiger partial charge in [0.25, 0.3) is 0 Å². The highest BCUT2D eigenvalue weighted by molar-refractivity contribution is 7.99. The van der Waals surface area contributed by atoms with E-state index in [1.165, 1.54) is 23.9 Å². The van der Waals surface area contributed by atoms with Gasteiger partial charge in [-0.2, -0.15) is 13.2 Å². The third kappa shape index (κ3) is 8.19. The summed E-state index contributed by atoms with van der Waals surface area (Å²) < 4.78 is 57.4. The minimum atomic E-state index is -4.39. The van der Waals surface area contributed by atoms with Crippen LogP contribution in [0, 0.1) is 5.92 Å². The molecule has 1 unspecified atom stereocenters. The van der Waals surface area contributed by atoms with Gasteiger partial charge in [-0.05, 0) is 85.3 Å². The van der Waals surface area contributed by atoms with Gasteiger partial charge in [0, 0.05) is 49.1 Å². The first-order valence-electron chi connectivity index (χ1n) is 16.3. The van der Waals surface area contributed by atoms with Crippen LogP contribution in [0.2, 0.25) is 0 Å². The predicted octanol–water partition coefficient (Wildman–Crippen LogP) is 7.74. The van der Waals surface area contributed by atoms with Gasteiger partial charge in [-0.1, -0.05) is 36.0 Å². The van der Waals surface area contributed by atoms with Crippen LogP contribution in [0.5, 0.6) is 11.5 Å². The van der Waals surface area contributed by atoms with E-state index in [9.17, 15) is 18.0 Å². The number of rotatable bonds is 12. The molecule has 0 bridgehead atoms. The molecule has 1 atom stereocenters. The van der Waals surface area contributed by atoms with Gasteiger partial charge >= 0.3 is 12.1 Å². The molecular weight excluding hydrogens is 639 g/mol. The average molecular weight is 680 g/mol. The van der Waals surface area contributed by atoms with Crippen molar-refractivity contribution < 1.29 is 32.2 Å². The van der Waals surface area contributed by atoms with Gasteiger partial charge in [0.05, 0.1) is 30.0 Å². The van der Waals surface area contributed by atoms with Crippen LogP contribution in [0.4, 0.5) is 24.5 Å². The molecule has 1 saturated heterocycles. The van der Waals surface area contributed by atoms with Crippen molar-refractivity contribution in [2.24, 2.45) is 5.92 Å². The minimum Gasteiger partial charge on any atom is -0.497 e. The van der Waals surface area contributed by atoms with Crippen LogP contribution in [0.25, 0.3) is 10.8 Å². The Morgan fingerprint density at radius 3 is 2.25 bits per heavy atom. The second kappa shape index (κ2) is 15.1. The number of alkyl halides is 3. The minimum absolute atomic E-state index is 0.226. The summed E-state index contributed by atoms with van der Waals surface area (Å²) in [4.78, 5) is 21.2. The Morgan fingerprint density at radius 2 is 1.50 bits per heavy atom. The third-order valence-corrected chi connectivity index (χ3v) is 9.98. The molecule has 0 radical (unpaired) electrons. The number of para-hydroxylation sites is 1. The van der Waals surface area contributed by atoms with Gasteiger partial charge in [0.15, 0.2) is 0 Å². The molecule has 0 saturated carbocycles. The largest absolute Gasteiger partial charge is 0.497 e. The van der Waals surface area contributed by atoms with E-state index in [4.69, 9.17) is 14.2 Å². The number of esters is 1. The Bertz CT molecular complexity index is 1730. The molecule has 48 heavy (non-hydrogen) atoms. The zero-order valence-corrected chi connectivity index (χ0v) is 28.0. The van der Waals surface area contributed by atoms with Crippen LogP contribution in [0.15, 0.2) is 88.7 Å². The van der Waals surface area contributed by atoms with Crippen molar-refractivity contribution in [1.82, 2.24) is 9.80 Å². The predicted molar refractivity (Wildman–Crippen MR) is 183 cm³/mol. The van der Waals surface area contributed by atoms with Crippen molar-refractivity contribution in [2.75, 3.05) is 71.0 Å². The van der Waals surface area contributed by atoms with Crippen molar-refractivity contribution in [3.8, 4) is 11.5 Å². The van der Waals surface area contributed by atoms with E-state index in [1.807, 2.05) is 65.6 Å². The van der Waals surface area contributed by atoms with Gasteiger partial charge in [-0.3, -0.25) is 9.69 Å². The number of ether oxygens (including phenoxy) is 3. The number of anilines is 2. The molecule has 0 aliphatic carbocycles. The zero-order chi connectivity index (χ0) is 33.7. The maximum atomic E-state index is 13.5. The van der Waals surface area contributed by atoms with Gasteiger partial charge < -0.3 is 24.0 Å². The summed E-state index contributed by atoms with van der Waals surface area (Å²) in [6.45, 7) is 8.00. The molecule has 2 aliphatic rings. The highest BCUT2D eigenvalue weighted by Gasteiger charge is 2.33. The monoisotopic (exact) mass is 679 g/mol. The number of piperazine rings is 1. The molecule has 7 nitrogen and oxygen atoms in total. The Labute approximate surface area is 283 Å². The van der Waals surface area contributed by atoms with E-state index in [1.54, 1.807) is 20.1 Å². The fourth-order valence-corrected chi connectivity index (χ4v) is 7.14. The number of carbonyl (C=O) groups is 1. The molecule has 0 N–H and O–H groups in total. The average Bonchev–Trinajstić information content (AvgIpc) is 3.09. The molecule has 2 aliphatic heterocycles. The lowest BCUT2D eigenvalue weighted by Crippen LogP contribution is -2.47. The number of benzene rings is 4. The van der Waals surface area contributed by atoms with E-state index in [0.717, 1.165) is 71.1 Å². The van der Waals surface area contributed by atoms with Crippen LogP contribution in [-0.2, 0) is 15.7 Å². The SMILES string of the molecule is COc1ccc2ccc(OCC(C)C(=O)OCCN3CCN(CCCN4c5ccccc5Sc5ccc(C(F)(F)F)cc54)CC3)cc2c1. The molecule has 1 fully saturated rings. The topological polar surface area (TPSA) is 54.5 Å². The van der Waals surface area contributed by atoms with E-state index >= 15 is 0 Å². The zero-order valence-electron chi connectivity index (χ0n) is 27.2. The summed E-state index contributed by atoms with van der Waals surface area (Å²) >= 11 is 1.51. The Balaban J connectivity index is 0.916. The van der Waals surface area contributed by atoms with Gasteiger partial charge in [0.1, 0.15) is 24.7 Å². The fraction of sp³-hybridized carbons (Fsp3) is 0.378. The maximum absolute atomic E-state index is 13.5. The van der Waals surface area contributed by atoms with E-state index in [-0.39, 0.29) is 12.6 Å². The van der Waals surface area contributed by atoms with Crippen LogP contribution in [-0.4, -0.2) is 81.9 Å². The van der Waals surface area contributed by atoms with E-state index in [2.05, 4.69) is 9.80 Å². The summed E-state index contributed by atoms with van der Waals surface area (Å²) in [5.74, 6) is 0.781. The lowest BCUT2D eigenvalue weighted by molar-refractivity contribution is -0.149. The van der Waals surface area contributed by atoms with Crippen LogP contribution in [0.1, 0.15) is 18.9 Å². The number of fused-ring (bicyclic) bond motifs is 3. The molecule has 254 valence electrons. The number of halogens is 3. The second-order valence-electron chi connectivity index (χ2n) is 12.2. The summed E-state index contributed by atoms with van der Waals surface area (Å²) in [7, 11) is 1.63. The van der Waals surface area contributed by atoms with Crippen molar-refractivity contribution in [2.45, 2.75) is 29.3 Å². The molecule has 0 aromatic heterocycles. The number of hydrogen-bond acceptors (Lipinski definition) is 8. The number of carbonyl (C=O) groups excluding carboxylic acids is 1. The van der Waals surface area contributed by atoms with Crippen molar-refractivity contribution in [3.05, 3.63) is 84.4 Å². The quantitative estimate of drug-likeness (QED) is 0.141. The summed E-state index contributed by atoms with van der Waals surface area (Å²) in [5, 5.41) is 2.08. The molecule has 0 spiro atoms. The van der Waals surface area contributed by atoms with Crippen LogP contribution < -0.4 is 14.4 Å². The molecule has 4 aromatic rings. The van der Waals surface area contributed by atoms with Crippen molar-refractivity contribution >= 4 is 39.9 Å². The number of hydrogen-bond donors (Lipinski definition) is 0. The second-order valence-corrected chi connectivity index (χ2v) is 13.3. The van der Waals surface area contributed by atoms with Gasteiger partial charge in [-0.25, -0.2) is 0 Å². The third-order valence-electron chi connectivity index (χ3n) is 8.85. The van der Waals surface area contributed by atoms with Gasteiger partial charge in [-0.15, -0.1) is 0 Å². The first kappa shape index (κ1) is 34.0. The normalized spacial score (nSPS) is 15.9. The first-order chi connectivity index (χ1) is 23.2. The summed E-state index contributed by atoms with van der Waals surface area (Å²) in [5.41, 5.74) is 0.936. The molecule has 6 rings (SSSR count). The lowest BCUT2D eigenvalue weighted by atomic mass is 10.1. The van der Waals surface area contributed by atoms with Crippen molar-refractivity contribution in [3.63, 3.8) is 0 Å². The highest BCUT2D eigenvalue weighted by Crippen LogP contribution is 2.49. The Kier molecular flexibility index (Phi) is 10.7. The summed E-state index contributed by atoms with van der Waals surface area (Å²) in [6, 6.07) is 23.6. The van der Waals surface area contributed by atoms with Gasteiger partial charge in [0.2, 0.25) is 0 Å². The van der Waals surface area contributed by atoms with Crippen LogP contribution in [0.3, 0.4) is 0 Å². The van der Waals surface area contributed by atoms with E-state index < -0.39 is 17.7 Å². The molecule has 4 aromatic carbocycles. The van der Waals surface area contributed by atoms with E-state index in [0.29, 0.717) is 31.1 Å². The Morgan fingerprint density at radius 1 is 0.812 bits per heavy atom. The Hall–Kier alpha value is -3.93. The molecule has 2 heterocycles. The highest BCUT2D eigenvalue weighted by atomic mass is 32.2. The molecule has 0 amide bonds. The standard InChI is InChI=1S/C37H40F3N3O4S/c1-26(25-47-31-12-9-27-8-11-30(45-2)22-28(27)23-31)36(44)46-21-20-42-18-16-41(17-19-42)14-5-15-43-32-6-3-4-7-34(32)48-35-13-10-29(24-33(35)43)37(38,39)40/h3-4,6-13,22-24,26H,5,14-21,25H2,1-2H3. The molecule has 11 heteroatoms. The smallest absolute Gasteiger partial charge is 0.416 e.